The maximum atomic E-state index is 11.5. The van der Waals surface area contributed by atoms with E-state index in [0.29, 0.717) is 16.9 Å². The van der Waals surface area contributed by atoms with Crippen molar-refractivity contribution in [1.82, 2.24) is 0 Å². The Morgan fingerprint density at radius 2 is 1.03 bits per heavy atom. The van der Waals surface area contributed by atoms with Gasteiger partial charge in [0.1, 0.15) is 0 Å². The Hall–Kier alpha value is -3.87. The Bertz CT molecular complexity index is 1040. The zero-order valence-electron chi connectivity index (χ0n) is 17.9. The molecule has 3 aromatic carbocycles. The fraction of sp³-hybridized carbons (Fsp3) is 0.208. The Kier molecular flexibility index (Phi) is 7.59. The number of methoxy groups -OCH3 is 1. The number of hydrogen-bond acceptors (Lipinski definition) is 7. The number of nitrogens with zero attached hydrogens (tertiary/aromatic N) is 5. The van der Waals surface area contributed by atoms with Gasteiger partial charge in [-0.3, -0.25) is 0 Å². The van der Waals surface area contributed by atoms with E-state index >= 15 is 0 Å². The van der Waals surface area contributed by atoms with Crippen LogP contribution in [0.5, 0.6) is 0 Å². The Morgan fingerprint density at radius 1 is 0.677 bits per heavy atom. The number of carbonyl (C=O) groups excluding carboxylic acids is 1. The van der Waals surface area contributed by atoms with Gasteiger partial charge >= 0.3 is 5.97 Å². The molecule has 158 valence electrons. The predicted octanol–water partition coefficient (Wildman–Crippen LogP) is 7.15. The lowest BCUT2D eigenvalue weighted by atomic mass is 10.2. The van der Waals surface area contributed by atoms with E-state index in [1.165, 1.54) is 12.8 Å². The van der Waals surface area contributed by atoms with Crippen LogP contribution in [0.25, 0.3) is 0 Å². The summed E-state index contributed by atoms with van der Waals surface area (Å²) in [7, 11) is 1.35. The van der Waals surface area contributed by atoms with Gasteiger partial charge in [-0.15, -0.1) is 0 Å². The molecule has 0 unspecified atom stereocenters. The van der Waals surface area contributed by atoms with Gasteiger partial charge in [-0.05, 0) is 86.6 Å². The molecule has 3 aromatic rings. The van der Waals surface area contributed by atoms with Crippen molar-refractivity contribution in [3.05, 3.63) is 78.4 Å². The second kappa shape index (κ2) is 10.8. The number of rotatable bonds is 8. The lowest BCUT2D eigenvalue weighted by Gasteiger charge is -2.20. The first-order valence-electron chi connectivity index (χ1n) is 10.1. The largest absolute Gasteiger partial charge is 0.465 e. The van der Waals surface area contributed by atoms with E-state index in [9.17, 15) is 4.79 Å². The molecule has 0 N–H and O–H groups in total. The molecule has 0 atom stereocenters. The molecule has 0 amide bonds. The highest BCUT2D eigenvalue weighted by Gasteiger charge is 2.04. The third-order valence-electron chi connectivity index (χ3n) is 4.68. The maximum absolute atomic E-state index is 11.5. The summed E-state index contributed by atoms with van der Waals surface area (Å²) in [5.74, 6) is -0.381. The fourth-order valence-corrected chi connectivity index (χ4v) is 2.92. The smallest absolute Gasteiger partial charge is 0.337 e. The van der Waals surface area contributed by atoms with Crippen molar-refractivity contribution in [3.63, 3.8) is 0 Å². The van der Waals surface area contributed by atoms with Crippen LogP contribution in [0.4, 0.5) is 28.4 Å². The molecule has 3 rings (SSSR count). The van der Waals surface area contributed by atoms with Gasteiger partial charge in [-0.25, -0.2) is 4.79 Å². The number of esters is 1. The summed E-state index contributed by atoms with van der Waals surface area (Å²) >= 11 is 0. The first-order chi connectivity index (χ1) is 15.1. The zero-order chi connectivity index (χ0) is 22.1. The Morgan fingerprint density at radius 3 is 1.39 bits per heavy atom. The fourth-order valence-electron chi connectivity index (χ4n) is 2.92. The summed E-state index contributed by atoms with van der Waals surface area (Å²) in [4.78, 5) is 13.7. The van der Waals surface area contributed by atoms with Crippen molar-refractivity contribution in [2.75, 3.05) is 25.1 Å². The van der Waals surface area contributed by atoms with Crippen molar-refractivity contribution in [3.8, 4) is 0 Å². The molecular formula is C24H25N5O2. The number of hydrogen-bond donors (Lipinski definition) is 0. The summed E-state index contributed by atoms with van der Waals surface area (Å²) in [5, 5.41) is 17.0. The number of carbonyl (C=O) groups is 1. The van der Waals surface area contributed by atoms with Crippen LogP contribution in [0.1, 0.15) is 24.2 Å². The van der Waals surface area contributed by atoms with Crippen LogP contribution in [0, 0.1) is 0 Å². The lowest BCUT2D eigenvalue weighted by molar-refractivity contribution is 0.0601. The average Bonchev–Trinajstić information content (AvgIpc) is 2.83. The molecule has 0 aliphatic rings. The minimum absolute atomic E-state index is 0.381. The van der Waals surface area contributed by atoms with Crippen LogP contribution in [-0.2, 0) is 4.74 Å². The molecule has 0 spiro atoms. The van der Waals surface area contributed by atoms with E-state index in [1.54, 1.807) is 24.3 Å². The van der Waals surface area contributed by atoms with Crippen LogP contribution < -0.4 is 4.90 Å². The summed E-state index contributed by atoms with van der Waals surface area (Å²) < 4.78 is 4.68. The summed E-state index contributed by atoms with van der Waals surface area (Å²) in [6, 6.07) is 22.1. The molecule has 0 aliphatic carbocycles. The van der Waals surface area contributed by atoms with Gasteiger partial charge in [0.2, 0.25) is 0 Å². The first-order valence-corrected chi connectivity index (χ1v) is 10.1. The summed E-state index contributed by atoms with van der Waals surface area (Å²) in [5.41, 5.74) is 4.52. The van der Waals surface area contributed by atoms with Crippen molar-refractivity contribution >= 4 is 34.4 Å². The second-order valence-corrected chi connectivity index (χ2v) is 6.64. The monoisotopic (exact) mass is 415 g/mol. The lowest BCUT2D eigenvalue weighted by Crippen LogP contribution is -2.21. The molecule has 0 heterocycles. The van der Waals surface area contributed by atoms with E-state index < -0.39 is 0 Å². The molecule has 31 heavy (non-hydrogen) atoms. The molecule has 0 fully saturated rings. The van der Waals surface area contributed by atoms with Gasteiger partial charge in [0.05, 0.1) is 35.4 Å². The molecule has 0 aliphatic heterocycles. The second-order valence-electron chi connectivity index (χ2n) is 6.64. The van der Waals surface area contributed by atoms with Crippen LogP contribution in [0.15, 0.2) is 93.3 Å². The highest BCUT2D eigenvalue weighted by molar-refractivity contribution is 5.89. The van der Waals surface area contributed by atoms with E-state index in [0.717, 1.165) is 24.5 Å². The van der Waals surface area contributed by atoms with Crippen LogP contribution in [0.2, 0.25) is 0 Å². The van der Waals surface area contributed by atoms with Gasteiger partial charge in [-0.1, -0.05) is 0 Å². The minimum Gasteiger partial charge on any atom is -0.465 e. The van der Waals surface area contributed by atoms with Crippen molar-refractivity contribution in [2.24, 2.45) is 20.5 Å². The summed E-state index contributed by atoms with van der Waals surface area (Å²) in [6.45, 7) is 6.22. The van der Waals surface area contributed by atoms with Crippen LogP contribution >= 0.6 is 0 Å². The molecular weight excluding hydrogens is 390 g/mol. The number of azo groups is 2. The SMILES string of the molecule is CCN(CC)c1ccc(N=Nc2ccc(N=Nc3ccc(C(=O)OC)cc3)cc2)cc1. The highest BCUT2D eigenvalue weighted by Crippen LogP contribution is 2.25. The highest BCUT2D eigenvalue weighted by atomic mass is 16.5. The Labute approximate surface area is 182 Å². The predicted molar refractivity (Wildman–Crippen MR) is 123 cm³/mol. The van der Waals surface area contributed by atoms with Gasteiger partial charge in [0.15, 0.2) is 0 Å². The number of anilines is 1. The Balaban J connectivity index is 1.61. The molecule has 0 bridgehead atoms. The van der Waals surface area contributed by atoms with Crippen LogP contribution in [-0.4, -0.2) is 26.2 Å². The van der Waals surface area contributed by atoms with Gasteiger partial charge in [-0.2, -0.15) is 20.5 Å². The maximum Gasteiger partial charge on any atom is 0.337 e. The van der Waals surface area contributed by atoms with Crippen LogP contribution in [0.3, 0.4) is 0 Å². The topological polar surface area (TPSA) is 79.0 Å². The molecule has 0 saturated carbocycles. The number of ether oxygens (including phenoxy) is 1. The van der Waals surface area contributed by atoms with Gasteiger partial charge < -0.3 is 9.64 Å². The first kappa shape index (κ1) is 21.8. The van der Waals surface area contributed by atoms with E-state index in [4.69, 9.17) is 0 Å². The van der Waals surface area contributed by atoms with E-state index in [1.807, 2.05) is 36.4 Å². The minimum atomic E-state index is -0.381. The average molecular weight is 415 g/mol. The molecule has 7 nitrogen and oxygen atoms in total. The van der Waals surface area contributed by atoms with Crippen molar-refractivity contribution < 1.29 is 9.53 Å². The quantitative estimate of drug-likeness (QED) is 0.289. The van der Waals surface area contributed by atoms with Crippen molar-refractivity contribution in [1.29, 1.82) is 0 Å². The number of benzene rings is 3. The third-order valence-corrected chi connectivity index (χ3v) is 4.68. The zero-order valence-corrected chi connectivity index (χ0v) is 17.9. The van der Waals surface area contributed by atoms with E-state index in [2.05, 4.69) is 56.1 Å². The van der Waals surface area contributed by atoms with E-state index in [-0.39, 0.29) is 5.97 Å². The van der Waals surface area contributed by atoms with Gasteiger partial charge in [0.25, 0.3) is 0 Å². The summed E-state index contributed by atoms with van der Waals surface area (Å²) in [6.07, 6.45) is 0. The molecule has 0 radical (unpaired) electrons. The third kappa shape index (κ3) is 6.05. The van der Waals surface area contributed by atoms with Crippen molar-refractivity contribution in [2.45, 2.75) is 13.8 Å². The molecule has 0 saturated heterocycles. The van der Waals surface area contributed by atoms with Gasteiger partial charge in [0, 0.05) is 18.8 Å². The normalized spacial score (nSPS) is 11.2. The standard InChI is InChI=1S/C24H25N5O2/c1-4-29(5-2)23-16-14-22(15-17-23)28-27-21-12-10-20(11-13-21)26-25-19-8-6-18(7-9-19)24(30)31-3/h6-17H,4-5H2,1-3H3. The molecule has 0 aromatic heterocycles. The molecule has 7 heteroatoms.